The predicted molar refractivity (Wildman–Crippen MR) is 84.0 cm³/mol. The highest BCUT2D eigenvalue weighted by atomic mass is 32.1. The summed E-state index contributed by atoms with van der Waals surface area (Å²) in [5.74, 6) is -2.41. The maximum Gasteiger partial charge on any atom is 0.425 e. The second-order valence-corrected chi connectivity index (χ2v) is 5.11. The lowest BCUT2D eigenvalue weighted by molar-refractivity contribution is -0.151. The van der Waals surface area contributed by atoms with Crippen molar-refractivity contribution in [2.24, 2.45) is 0 Å². The van der Waals surface area contributed by atoms with E-state index in [0.29, 0.717) is 11.4 Å². The van der Waals surface area contributed by atoms with Crippen molar-refractivity contribution >= 4 is 30.7 Å². The summed E-state index contributed by atoms with van der Waals surface area (Å²) in [4.78, 5) is 35.0. The van der Waals surface area contributed by atoms with Crippen LogP contribution in [0.4, 0.5) is 4.79 Å². The van der Waals surface area contributed by atoms with Crippen LogP contribution in [0.15, 0.2) is 0 Å². The van der Waals surface area contributed by atoms with E-state index in [1.54, 1.807) is 0 Å². The Hall–Kier alpha value is -1.52. The molecule has 134 valence electrons. The van der Waals surface area contributed by atoms with Crippen molar-refractivity contribution in [3.05, 3.63) is 0 Å². The van der Waals surface area contributed by atoms with E-state index in [0.717, 1.165) is 13.5 Å². The van der Waals surface area contributed by atoms with Crippen LogP contribution in [-0.2, 0) is 19.1 Å². The summed E-state index contributed by atoms with van der Waals surface area (Å²) in [6, 6.07) is -2.72. The molecule has 0 aliphatic rings. The highest BCUT2D eigenvalue weighted by Gasteiger charge is 2.35. The number of aliphatic hydroxyl groups is 1. The van der Waals surface area contributed by atoms with Gasteiger partial charge in [-0.25, -0.2) is 20.0 Å². The molecule has 0 aromatic heterocycles. The fourth-order valence-electron chi connectivity index (χ4n) is 1.55. The number of carbonyl (C=O) groups is 3. The summed E-state index contributed by atoms with van der Waals surface area (Å²) in [7, 11) is 1.11. The van der Waals surface area contributed by atoms with Crippen LogP contribution in [-0.4, -0.2) is 70.9 Å². The van der Waals surface area contributed by atoms with Crippen LogP contribution in [0.5, 0.6) is 0 Å². The summed E-state index contributed by atoms with van der Waals surface area (Å²) in [6.07, 6.45) is -0.819. The third kappa shape index (κ3) is 7.06. The monoisotopic (exact) mass is 352 g/mol. The van der Waals surface area contributed by atoms with Gasteiger partial charge >= 0.3 is 18.0 Å². The van der Waals surface area contributed by atoms with Crippen molar-refractivity contribution in [3.8, 4) is 0 Å². The molecular formula is C13H24N2O7S. The molecule has 3 N–H and O–H groups in total. The number of carboxylic acids is 1. The third-order valence-corrected chi connectivity index (χ3v) is 3.25. The molecule has 0 unspecified atom stereocenters. The normalized spacial score (nSPS) is 14.5. The maximum atomic E-state index is 12.1. The van der Waals surface area contributed by atoms with Crippen molar-refractivity contribution in [2.75, 3.05) is 19.5 Å². The van der Waals surface area contributed by atoms with Crippen molar-refractivity contribution in [1.82, 2.24) is 10.4 Å². The predicted octanol–water partition coefficient (Wildman–Crippen LogP) is 0.0351. The molecule has 0 spiro atoms. The molecule has 0 saturated heterocycles. The smallest absolute Gasteiger partial charge is 0.425 e. The number of carbonyl (C=O) groups excluding carboxylic acids is 2. The molecule has 0 rings (SSSR count). The van der Waals surface area contributed by atoms with Gasteiger partial charge in [0, 0.05) is 5.75 Å². The van der Waals surface area contributed by atoms with Gasteiger partial charge in [-0.15, -0.1) is 0 Å². The largest absolute Gasteiger partial charge is 0.480 e. The number of thiol groups is 1. The molecule has 9 nitrogen and oxygen atoms in total. The number of unbranched alkanes of at least 4 members (excludes halogenated alkanes) is 1. The number of carboxylic acid groups (broad SMARTS) is 1. The number of hydrogen-bond donors (Lipinski definition) is 4. The van der Waals surface area contributed by atoms with Gasteiger partial charge in [0.25, 0.3) is 0 Å². The number of hydrazine groups is 1. The van der Waals surface area contributed by atoms with Crippen molar-refractivity contribution in [1.29, 1.82) is 0 Å². The summed E-state index contributed by atoms with van der Waals surface area (Å²) in [5, 5.41) is 19.5. The zero-order chi connectivity index (χ0) is 18.0. The molecule has 0 aliphatic carbocycles. The number of amides is 1. The number of ether oxygens (including phenoxy) is 2. The minimum Gasteiger partial charge on any atom is -0.480 e. The van der Waals surface area contributed by atoms with E-state index in [4.69, 9.17) is 4.74 Å². The van der Waals surface area contributed by atoms with E-state index in [1.807, 2.05) is 6.92 Å². The molecule has 0 aromatic rings. The number of methoxy groups -OCH3 is 1. The fourth-order valence-corrected chi connectivity index (χ4v) is 1.87. The average molecular weight is 352 g/mol. The van der Waals surface area contributed by atoms with Gasteiger partial charge in [0.2, 0.25) is 0 Å². The lowest BCUT2D eigenvalue weighted by Crippen LogP contribution is -2.61. The van der Waals surface area contributed by atoms with E-state index < -0.39 is 36.2 Å². The van der Waals surface area contributed by atoms with E-state index in [1.165, 1.54) is 6.92 Å². The quantitative estimate of drug-likeness (QED) is 0.188. The van der Waals surface area contributed by atoms with Crippen LogP contribution >= 0.6 is 12.6 Å². The Morgan fingerprint density at radius 3 is 2.35 bits per heavy atom. The Balaban J connectivity index is 5.27. The fraction of sp³-hybridized carbons (Fsp3) is 0.769. The molecule has 0 aromatic carbocycles. The highest BCUT2D eigenvalue weighted by Crippen LogP contribution is 2.07. The maximum absolute atomic E-state index is 12.1. The number of hydrogen-bond acceptors (Lipinski definition) is 8. The zero-order valence-electron chi connectivity index (χ0n) is 13.4. The van der Waals surface area contributed by atoms with Gasteiger partial charge < -0.3 is 19.7 Å². The molecule has 10 heteroatoms. The second kappa shape index (κ2) is 11.1. The molecule has 0 aliphatic heterocycles. The number of aliphatic hydroxyl groups excluding tert-OH is 1. The summed E-state index contributed by atoms with van der Waals surface area (Å²) >= 11 is 3.90. The lowest BCUT2D eigenvalue weighted by Gasteiger charge is -2.31. The molecule has 0 radical (unpaired) electrons. The van der Waals surface area contributed by atoms with E-state index in [2.05, 4.69) is 22.8 Å². The molecule has 3 atom stereocenters. The van der Waals surface area contributed by atoms with Crippen molar-refractivity contribution < 1.29 is 34.1 Å². The van der Waals surface area contributed by atoms with Crippen LogP contribution in [0, 0.1) is 0 Å². The number of aliphatic carboxylic acids is 1. The lowest BCUT2D eigenvalue weighted by atomic mass is 10.2. The van der Waals surface area contributed by atoms with Crippen LogP contribution in [0.1, 0.15) is 26.7 Å². The van der Waals surface area contributed by atoms with E-state index in [9.17, 15) is 24.6 Å². The van der Waals surface area contributed by atoms with E-state index >= 15 is 0 Å². The minimum atomic E-state index is -1.39. The second-order valence-electron chi connectivity index (χ2n) is 4.75. The molecule has 0 bridgehead atoms. The van der Waals surface area contributed by atoms with Crippen LogP contribution in [0.2, 0.25) is 0 Å². The third-order valence-electron chi connectivity index (χ3n) is 2.91. The van der Waals surface area contributed by atoms with Gasteiger partial charge in [0.15, 0.2) is 6.04 Å². The summed E-state index contributed by atoms with van der Waals surface area (Å²) < 4.78 is 9.48. The zero-order valence-corrected chi connectivity index (χ0v) is 14.3. The van der Waals surface area contributed by atoms with Crippen molar-refractivity contribution in [3.63, 3.8) is 0 Å². The van der Waals surface area contributed by atoms with Gasteiger partial charge in [-0.3, -0.25) is 4.79 Å². The number of rotatable bonds is 10. The van der Waals surface area contributed by atoms with Gasteiger partial charge in [-0.1, -0.05) is 13.3 Å². The van der Waals surface area contributed by atoms with Gasteiger partial charge in [0.1, 0.15) is 6.04 Å². The first-order chi connectivity index (χ1) is 10.8. The molecule has 1 amide bonds. The number of nitrogens with zero attached hydrogens (tertiary/aromatic N) is 1. The number of esters is 1. The molecule has 0 saturated carbocycles. The van der Waals surface area contributed by atoms with E-state index in [-0.39, 0.29) is 12.4 Å². The van der Waals surface area contributed by atoms with Gasteiger partial charge in [0.05, 0.1) is 19.8 Å². The Labute approximate surface area is 140 Å². The first-order valence-corrected chi connectivity index (χ1v) is 7.75. The Bertz CT molecular complexity index is 406. The standard InChI is InChI=1S/C13H24N2O7S/c1-4-5-6-22-13(20)15(9(7-23)11(17)18)14-10(8(2)16)12(19)21-3/h8-10,14,16,23H,4-7H2,1-3H3,(H,17,18)/t8-,9+,10+/m1/s1. The molecular weight excluding hydrogens is 328 g/mol. The molecule has 23 heavy (non-hydrogen) atoms. The van der Waals surface area contributed by atoms with Crippen LogP contribution in [0.25, 0.3) is 0 Å². The van der Waals surface area contributed by atoms with Gasteiger partial charge in [-0.05, 0) is 13.3 Å². The highest BCUT2D eigenvalue weighted by molar-refractivity contribution is 7.80. The molecule has 0 heterocycles. The van der Waals surface area contributed by atoms with Crippen LogP contribution in [0.3, 0.4) is 0 Å². The molecule has 0 fully saturated rings. The average Bonchev–Trinajstić information content (AvgIpc) is 2.49. The topological polar surface area (TPSA) is 125 Å². The number of nitrogens with one attached hydrogen (secondary N) is 1. The Morgan fingerprint density at radius 2 is 1.96 bits per heavy atom. The summed E-state index contributed by atoms with van der Waals surface area (Å²) in [6.45, 7) is 3.30. The Morgan fingerprint density at radius 1 is 1.35 bits per heavy atom. The first-order valence-electron chi connectivity index (χ1n) is 7.11. The SMILES string of the molecule is CCCCOC(=O)N(N[C@H](C(=O)OC)[C@@H](C)O)[C@@H](CS)C(=O)O. The van der Waals surface area contributed by atoms with Gasteiger partial charge in [-0.2, -0.15) is 12.6 Å². The summed E-state index contributed by atoms with van der Waals surface area (Å²) in [5.41, 5.74) is 2.37. The first kappa shape index (κ1) is 21.5. The minimum absolute atomic E-state index is 0.101. The Kier molecular flexibility index (Phi) is 10.4. The van der Waals surface area contributed by atoms with Crippen LogP contribution < -0.4 is 5.43 Å². The van der Waals surface area contributed by atoms with Crippen molar-refractivity contribution in [2.45, 2.75) is 44.9 Å².